The Morgan fingerprint density at radius 3 is 2.62 bits per heavy atom. The van der Waals surface area contributed by atoms with Crippen LogP contribution in [0.25, 0.3) is 0 Å². The van der Waals surface area contributed by atoms with E-state index in [9.17, 15) is 4.79 Å². The first-order chi connectivity index (χ1) is 7.47. The van der Waals surface area contributed by atoms with E-state index in [0.717, 1.165) is 19.5 Å². The van der Waals surface area contributed by atoms with Gasteiger partial charge in [0.1, 0.15) is 5.54 Å². The molecule has 2 fully saturated rings. The van der Waals surface area contributed by atoms with Gasteiger partial charge in [-0.25, -0.2) is 0 Å². The Hall–Kier alpha value is -0.570. The summed E-state index contributed by atoms with van der Waals surface area (Å²) in [6, 6.07) is 0. The minimum absolute atomic E-state index is 0.197. The van der Waals surface area contributed by atoms with E-state index in [1.54, 1.807) is 0 Å². The molecule has 2 atom stereocenters. The van der Waals surface area contributed by atoms with Crippen molar-refractivity contribution in [3.05, 3.63) is 0 Å². The summed E-state index contributed by atoms with van der Waals surface area (Å²) >= 11 is 0. The van der Waals surface area contributed by atoms with Gasteiger partial charge in [0.2, 0.25) is 5.91 Å². The van der Waals surface area contributed by atoms with Gasteiger partial charge >= 0.3 is 0 Å². The van der Waals surface area contributed by atoms with Crippen LogP contribution >= 0.6 is 0 Å². The number of hydrogen-bond donors (Lipinski definition) is 2. The molecule has 0 bridgehead atoms. The molecule has 2 unspecified atom stereocenters. The molecule has 2 aliphatic rings. The molecule has 1 spiro atoms. The van der Waals surface area contributed by atoms with Crippen LogP contribution in [0, 0.1) is 11.3 Å². The Bertz CT molecular complexity index is 276. The molecular formula is C13H24N2O. The van der Waals surface area contributed by atoms with Crippen LogP contribution in [0.2, 0.25) is 0 Å². The summed E-state index contributed by atoms with van der Waals surface area (Å²) in [5, 5.41) is 6.57. The first-order valence-corrected chi connectivity index (χ1v) is 6.50. The van der Waals surface area contributed by atoms with Gasteiger partial charge in [0.25, 0.3) is 0 Å². The molecule has 0 radical (unpaired) electrons. The van der Waals surface area contributed by atoms with Gasteiger partial charge in [-0.3, -0.25) is 4.79 Å². The zero-order chi connectivity index (χ0) is 11.8. The Morgan fingerprint density at radius 2 is 2.00 bits per heavy atom. The van der Waals surface area contributed by atoms with Gasteiger partial charge in [0, 0.05) is 13.1 Å². The van der Waals surface area contributed by atoms with Gasteiger partial charge in [0.15, 0.2) is 0 Å². The van der Waals surface area contributed by atoms with E-state index in [1.807, 2.05) is 0 Å². The van der Waals surface area contributed by atoms with E-state index in [4.69, 9.17) is 0 Å². The normalized spacial score (nSPS) is 36.2. The number of nitrogens with one attached hydrogen (secondary N) is 2. The maximum Gasteiger partial charge on any atom is 0.240 e. The molecule has 1 heterocycles. The van der Waals surface area contributed by atoms with Crippen LogP contribution in [0.1, 0.15) is 46.5 Å². The number of amides is 1. The number of rotatable bonds is 0. The minimum Gasteiger partial charge on any atom is -0.353 e. The predicted molar refractivity (Wildman–Crippen MR) is 65.2 cm³/mol. The molecule has 0 aromatic rings. The molecule has 3 heteroatoms. The van der Waals surface area contributed by atoms with Gasteiger partial charge in [0.05, 0.1) is 0 Å². The van der Waals surface area contributed by atoms with Crippen LogP contribution in [0.3, 0.4) is 0 Å². The molecule has 0 aromatic carbocycles. The van der Waals surface area contributed by atoms with Gasteiger partial charge in [-0.1, -0.05) is 33.6 Å². The van der Waals surface area contributed by atoms with Crippen LogP contribution < -0.4 is 10.6 Å². The summed E-state index contributed by atoms with van der Waals surface area (Å²) in [5.74, 6) is 0.687. The summed E-state index contributed by atoms with van der Waals surface area (Å²) in [6.07, 6.45) is 4.61. The fraction of sp³-hybridized carbons (Fsp3) is 0.923. The lowest BCUT2D eigenvalue weighted by Crippen LogP contribution is -2.69. The lowest BCUT2D eigenvalue weighted by Gasteiger charge is -2.51. The van der Waals surface area contributed by atoms with Crippen LogP contribution in [0.4, 0.5) is 0 Å². The Morgan fingerprint density at radius 1 is 1.25 bits per heavy atom. The third-order valence-corrected chi connectivity index (χ3v) is 4.21. The van der Waals surface area contributed by atoms with Crippen LogP contribution in [-0.2, 0) is 4.79 Å². The molecule has 2 N–H and O–H groups in total. The van der Waals surface area contributed by atoms with Gasteiger partial charge in [-0.15, -0.1) is 0 Å². The SMILES string of the molecule is CC(C)(C)C1CCCCC12NCCNC2=O. The smallest absolute Gasteiger partial charge is 0.240 e. The minimum atomic E-state index is -0.283. The van der Waals surface area contributed by atoms with E-state index in [0.29, 0.717) is 5.92 Å². The lowest BCUT2D eigenvalue weighted by molar-refractivity contribution is -0.136. The molecule has 2 rings (SSSR count). The topological polar surface area (TPSA) is 41.1 Å². The highest BCUT2D eigenvalue weighted by atomic mass is 16.2. The second kappa shape index (κ2) is 4.02. The first kappa shape index (κ1) is 11.9. The second-order valence-corrected chi connectivity index (χ2v) is 6.32. The Kier molecular flexibility index (Phi) is 2.99. The number of hydrogen-bond acceptors (Lipinski definition) is 2. The molecule has 1 saturated heterocycles. The number of carbonyl (C=O) groups is 1. The van der Waals surface area contributed by atoms with Crippen molar-refractivity contribution in [2.24, 2.45) is 11.3 Å². The summed E-state index contributed by atoms with van der Waals surface area (Å²) < 4.78 is 0. The van der Waals surface area contributed by atoms with E-state index >= 15 is 0 Å². The zero-order valence-corrected chi connectivity index (χ0v) is 10.7. The van der Waals surface area contributed by atoms with Crippen LogP contribution in [-0.4, -0.2) is 24.5 Å². The van der Waals surface area contributed by atoms with E-state index in [1.165, 1.54) is 19.3 Å². The molecule has 1 saturated carbocycles. The Balaban J connectivity index is 2.30. The zero-order valence-electron chi connectivity index (χ0n) is 10.7. The summed E-state index contributed by atoms with van der Waals surface area (Å²) in [5.41, 5.74) is -0.0865. The van der Waals surface area contributed by atoms with E-state index in [2.05, 4.69) is 31.4 Å². The highest BCUT2D eigenvalue weighted by molar-refractivity contribution is 5.87. The molecular weight excluding hydrogens is 200 g/mol. The van der Waals surface area contributed by atoms with Gasteiger partial charge < -0.3 is 10.6 Å². The maximum absolute atomic E-state index is 12.3. The molecule has 3 nitrogen and oxygen atoms in total. The predicted octanol–water partition coefficient (Wildman–Crippen LogP) is 1.68. The maximum atomic E-state index is 12.3. The third-order valence-electron chi connectivity index (χ3n) is 4.21. The summed E-state index contributed by atoms with van der Waals surface area (Å²) in [7, 11) is 0. The van der Waals surface area contributed by atoms with Crippen molar-refractivity contribution >= 4 is 5.91 Å². The lowest BCUT2D eigenvalue weighted by atomic mass is 9.61. The van der Waals surface area contributed by atoms with Crippen molar-refractivity contribution in [1.82, 2.24) is 10.6 Å². The van der Waals surface area contributed by atoms with Crippen molar-refractivity contribution in [2.75, 3.05) is 13.1 Å². The van der Waals surface area contributed by atoms with Crippen molar-refractivity contribution in [3.8, 4) is 0 Å². The molecule has 0 aromatic heterocycles. The fourth-order valence-corrected chi connectivity index (χ4v) is 3.53. The van der Waals surface area contributed by atoms with Gasteiger partial charge in [-0.2, -0.15) is 0 Å². The van der Waals surface area contributed by atoms with Gasteiger partial charge in [-0.05, 0) is 24.2 Å². The largest absolute Gasteiger partial charge is 0.353 e. The standard InChI is InChI=1S/C13H24N2O/c1-12(2,3)10-6-4-5-7-13(10)11(16)14-8-9-15-13/h10,15H,4-9H2,1-3H3,(H,14,16). The average molecular weight is 224 g/mol. The quantitative estimate of drug-likeness (QED) is 0.657. The van der Waals surface area contributed by atoms with E-state index < -0.39 is 0 Å². The van der Waals surface area contributed by atoms with Crippen LogP contribution in [0.15, 0.2) is 0 Å². The Labute approximate surface area is 98.4 Å². The fourth-order valence-electron chi connectivity index (χ4n) is 3.53. The third kappa shape index (κ3) is 1.86. The summed E-state index contributed by atoms with van der Waals surface area (Å²) in [6.45, 7) is 8.46. The van der Waals surface area contributed by atoms with Crippen molar-refractivity contribution in [2.45, 2.75) is 52.0 Å². The monoisotopic (exact) mass is 224 g/mol. The van der Waals surface area contributed by atoms with E-state index in [-0.39, 0.29) is 16.9 Å². The molecule has 16 heavy (non-hydrogen) atoms. The highest BCUT2D eigenvalue weighted by Crippen LogP contribution is 2.44. The first-order valence-electron chi connectivity index (χ1n) is 6.50. The van der Waals surface area contributed by atoms with Crippen LogP contribution in [0.5, 0.6) is 0 Å². The molecule has 92 valence electrons. The average Bonchev–Trinajstić information content (AvgIpc) is 2.22. The molecule has 1 aliphatic heterocycles. The van der Waals surface area contributed by atoms with Crippen molar-refractivity contribution in [1.29, 1.82) is 0 Å². The number of carbonyl (C=O) groups excluding carboxylic acids is 1. The van der Waals surface area contributed by atoms with Crippen molar-refractivity contribution in [3.63, 3.8) is 0 Å². The van der Waals surface area contributed by atoms with Crippen molar-refractivity contribution < 1.29 is 4.79 Å². The molecule has 1 aliphatic carbocycles. The summed E-state index contributed by atoms with van der Waals surface area (Å²) in [4.78, 5) is 12.3. The highest BCUT2D eigenvalue weighted by Gasteiger charge is 2.51. The molecule has 1 amide bonds. The second-order valence-electron chi connectivity index (χ2n) is 6.32. The number of piperazine rings is 1.